The molecule has 1 unspecified atom stereocenters. The predicted molar refractivity (Wildman–Crippen MR) is 113 cm³/mol. The molecular weight excluding hydrogens is 354 g/mol. The van der Waals surface area contributed by atoms with Crippen LogP contribution in [0.25, 0.3) is 0 Å². The minimum Gasteiger partial charge on any atom is -0.379 e. The molecule has 7 heteroatoms. The number of pyridine rings is 1. The average molecular weight is 390 g/mol. The molecule has 3 heterocycles. The first-order valence-electron chi connectivity index (χ1n) is 10.8. The normalized spacial score (nSPS) is 20.0. The Labute approximate surface area is 168 Å². The van der Waals surface area contributed by atoms with E-state index in [0.29, 0.717) is 19.3 Å². The quantitative estimate of drug-likeness (QED) is 0.364. The molecule has 0 amide bonds. The van der Waals surface area contributed by atoms with Crippen molar-refractivity contribution in [3.8, 4) is 0 Å². The highest BCUT2D eigenvalue weighted by Gasteiger charge is 2.15. The van der Waals surface area contributed by atoms with E-state index in [0.717, 1.165) is 76.0 Å². The van der Waals surface area contributed by atoms with Gasteiger partial charge in [0.25, 0.3) is 0 Å². The summed E-state index contributed by atoms with van der Waals surface area (Å²) in [5, 5.41) is 6.67. The van der Waals surface area contributed by atoms with E-state index in [9.17, 15) is 0 Å². The number of ether oxygens (including phenoxy) is 2. The molecule has 28 heavy (non-hydrogen) atoms. The molecule has 0 saturated carbocycles. The monoisotopic (exact) mass is 389 g/mol. The minimum absolute atomic E-state index is 0.303. The lowest BCUT2D eigenvalue weighted by Gasteiger charge is -2.16. The van der Waals surface area contributed by atoms with Gasteiger partial charge in [0, 0.05) is 45.6 Å². The fourth-order valence-electron chi connectivity index (χ4n) is 3.53. The van der Waals surface area contributed by atoms with E-state index in [1.165, 1.54) is 12.8 Å². The summed E-state index contributed by atoms with van der Waals surface area (Å²) < 4.78 is 11.3. The molecular formula is C21H35N5O2. The molecule has 2 aliphatic rings. The number of anilines is 1. The molecule has 0 aliphatic carbocycles. The fourth-order valence-corrected chi connectivity index (χ4v) is 3.53. The number of aliphatic imine (C=N–C) groups is 1. The van der Waals surface area contributed by atoms with Crippen molar-refractivity contribution in [3.05, 3.63) is 23.9 Å². The van der Waals surface area contributed by atoms with Gasteiger partial charge in [-0.25, -0.2) is 9.98 Å². The Bertz CT molecular complexity index is 581. The van der Waals surface area contributed by atoms with E-state index in [4.69, 9.17) is 9.47 Å². The second-order valence-corrected chi connectivity index (χ2v) is 7.40. The van der Waals surface area contributed by atoms with Crippen LogP contribution in [0.15, 0.2) is 23.3 Å². The summed E-state index contributed by atoms with van der Waals surface area (Å²) in [5.74, 6) is 1.92. The van der Waals surface area contributed by atoms with Crippen molar-refractivity contribution >= 4 is 11.8 Å². The van der Waals surface area contributed by atoms with Gasteiger partial charge in [-0.15, -0.1) is 0 Å². The van der Waals surface area contributed by atoms with Gasteiger partial charge in [0.05, 0.1) is 19.3 Å². The molecule has 1 atom stereocenters. The molecule has 3 rings (SSSR count). The van der Waals surface area contributed by atoms with Crippen LogP contribution >= 0.6 is 0 Å². The number of hydrogen-bond acceptors (Lipinski definition) is 5. The molecule has 2 saturated heterocycles. The first kappa shape index (κ1) is 20.9. The third-order valence-electron chi connectivity index (χ3n) is 5.09. The van der Waals surface area contributed by atoms with Crippen LogP contribution in [0.5, 0.6) is 0 Å². The smallest absolute Gasteiger partial charge is 0.191 e. The van der Waals surface area contributed by atoms with Gasteiger partial charge >= 0.3 is 0 Å². The van der Waals surface area contributed by atoms with Crippen LogP contribution in [0.1, 0.15) is 44.6 Å². The van der Waals surface area contributed by atoms with Crippen molar-refractivity contribution in [1.29, 1.82) is 0 Å². The highest BCUT2D eigenvalue weighted by Crippen LogP contribution is 2.17. The molecule has 156 valence electrons. The highest BCUT2D eigenvalue weighted by molar-refractivity contribution is 5.79. The number of hydrogen-bond donors (Lipinski definition) is 2. The largest absolute Gasteiger partial charge is 0.379 e. The number of nitrogens with one attached hydrogen (secondary N) is 2. The number of guanidine groups is 1. The van der Waals surface area contributed by atoms with Gasteiger partial charge in [0.2, 0.25) is 0 Å². The van der Waals surface area contributed by atoms with Crippen molar-refractivity contribution < 1.29 is 9.47 Å². The zero-order chi connectivity index (χ0) is 19.4. The SMILES string of the molecule is CCNC(=NCc1ccc(N2CCCC2)nc1)NCCCOCC1CCCO1. The van der Waals surface area contributed by atoms with Crippen LogP contribution in [0.3, 0.4) is 0 Å². The molecule has 0 radical (unpaired) electrons. The summed E-state index contributed by atoms with van der Waals surface area (Å²) in [6.07, 6.45) is 8.02. The molecule has 2 N–H and O–H groups in total. The summed E-state index contributed by atoms with van der Waals surface area (Å²) in [5.41, 5.74) is 1.13. The summed E-state index contributed by atoms with van der Waals surface area (Å²) in [7, 11) is 0. The minimum atomic E-state index is 0.303. The Balaban J connectivity index is 1.35. The average Bonchev–Trinajstić information content (AvgIpc) is 3.43. The maximum Gasteiger partial charge on any atom is 0.191 e. The van der Waals surface area contributed by atoms with Gasteiger partial charge in [-0.3, -0.25) is 0 Å². The Morgan fingerprint density at radius 3 is 2.89 bits per heavy atom. The third kappa shape index (κ3) is 6.95. The molecule has 2 aliphatic heterocycles. The van der Waals surface area contributed by atoms with Gasteiger partial charge in [-0.05, 0) is 50.7 Å². The van der Waals surface area contributed by atoms with Gasteiger partial charge in [0.15, 0.2) is 5.96 Å². The van der Waals surface area contributed by atoms with Gasteiger partial charge < -0.3 is 25.0 Å². The molecule has 1 aromatic heterocycles. The zero-order valence-corrected chi connectivity index (χ0v) is 17.2. The molecule has 0 bridgehead atoms. The number of nitrogens with zero attached hydrogens (tertiary/aromatic N) is 3. The topological polar surface area (TPSA) is 71.0 Å². The van der Waals surface area contributed by atoms with Crippen molar-refractivity contribution in [2.75, 3.05) is 50.9 Å². The highest BCUT2D eigenvalue weighted by atomic mass is 16.5. The van der Waals surface area contributed by atoms with Crippen molar-refractivity contribution in [2.24, 2.45) is 4.99 Å². The van der Waals surface area contributed by atoms with Crippen LogP contribution in [-0.4, -0.2) is 63.0 Å². The lowest BCUT2D eigenvalue weighted by Crippen LogP contribution is -2.38. The Hall–Kier alpha value is -1.86. The molecule has 0 aromatic carbocycles. The van der Waals surface area contributed by atoms with E-state index >= 15 is 0 Å². The first-order chi connectivity index (χ1) is 13.8. The standard InChI is InChI=1S/C21H35N5O2/c1-2-22-21(23-10-6-13-27-17-19-7-5-14-28-19)25-16-18-8-9-20(24-15-18)26-11-3-4-12-26/h8-9,15,19H,2-7,10-14,16-17H2,1H3,(H2,22,23,25). The van der Waals surface area contributed by atoms with Crippen molar-refractivity contribution in [2.45, 2.75) is 51.7 Å². The van der Waals surface area contributed by atoms with Crippen LogP contribution in [0, 0.1) is 0 Å². The van der Waals surface area contributed by atoms with E-state index < -0.39 is 0 Å². The molecule has 1 aromatic rings. The Morgan fingerprint density at radius 1 is 1.29 bits per heavy atom. The Morgan fingerprint density at radius 2 is 2.18 bits per heavy atom. The van der Waals surface area contributed by atoms with Crippen molar-refractivity contribution in [3.63, 3.8) is 0 Å². The maximum atomic E-state index is 5.70. The van der Waals surface area contributed by atoms with Crippen LogP contribution in [0.4, 0.5) is 5.82 Å². The second-order valence-electron chi connectivity index (χ2n) is 7.40. The van der Waals surface area contributed by atoms with Gasteiger partial charge in [-0.2, -0.15) is 0 Å². The lowest BCUT2D eigenvalue weighted by atomic mass is 10.2. The molecule has 0 spiro atoms. The maximum absolute atomic E-state index is 5.70. The van der Waals surface area contributed by atoms with Crippen molar-refractivity contribution in [1.82, 2.24) is 15.6 Å². The molecule has 2 fully saturated rings. The summed E-state index contributed by atoms with van der Waals surface area (Å²) in [4.78, 5) is 11.6. The van der Waals surface area contributed by atoms with Crippen LogP contribution in [-0.2, 0) is 16.0 Å². The zero-order valence-electron chi connectivity index (χ0n) is 17.2. The van der Waals surface area contributed by atoms with E-state index in [1.807, 2.05) is 6.20 Å². The second kappa shape index (κ2) is 11.9. The molecule has 7 nitrogen and oxygen atoms in total. The predicted octanol–water partition coefficient (Wildman–Crippen LogP) is 2.32. The van der Waals surface area contributed by atoms with Crippen LogP contribution < -0.4 is 15.5 Å². The fraction of sp³-hybridized carbons (Fsp3) is 0.714. The summed E-state index contributed by atoms with van der Waals surface area (Å²) in [6, 6.07) is 4.24. The van der Waals surface area contributed by atoms with E-state index in [2.05, 4.69) is 44.6 Å². The number of rotatable bonds is 10. The van der Waals surface area contributed by atoms with Crippen LogP contribution in [0.2, 0.25) is 0 Å². The number of aromatic nitrogens is 1. The van der Waals surface area contributed by atoms with E-state index in [1.54, 1.807) is 0 Å². The lowest BCUT2D eigenvalue weighted by molar-refractivity contribution is 0.0168. The van der Waals surface area contributed by atoms with Gasteiger partial charge in [0.1, 0.15) is 5.82 Å². The summed E-state index contributed by atoms with van der Waals surface area (Å²) >= 11 is 0. The van der Waals surface area contributed by atoms with E-state index in [-0.39, 0.29) is 0 Å². The third-order valence-corrected chi connectivity index (χ3v) is 5.09. The summed E-state index contributed by atoms with van der Waals surface area (Å²) in [6.45, 7) is 8.97. The Kier molecular flexibility index (Phi) is 8.84. The first-order valence-corrected chi connectivity index (χ1v) is 10.8. The van der Waals surface area contributed by atoms with Gasteiger partial charge in [-0.1, -0.05) is 6.07 Å².